The molecule has 0 spiro atoms. The lowest BCUT2D eigenvalue weighted by Gasteiger charge is -2.16. The van der Waals surface area contributed by atoms with Gasteiger partial charge in [0.25, 0.3) is 0 Å². The van der Waals surface area contributed by atoms with Gasteiger partial charge in [0.15, 0.2) is 0 Å². The molecule has 0 aliphatic rings. The van der Waals surface area contributed by atoms with E-state index < -0.39 is 11.7 Å². The van der Waals surface area contributed by atoms with Crippen molar-refractivity contribution in [1.82, 2.24) is 5.32 Å². The Kier molecular flexibility index (Phi) is 4.53. The molecule has 0 saturated heterocycles. The summed E-state index contributed by atoms with van der Waals surface area (Å²) >= 11 is 0. The van der Waals surface area contributed by atoms with Gasteiger partial charge in [0.1, 0.15) is 11.5 Å². The van der Waals surface area contributed by atoms with Gasteiger partial charge < -0.3 is 10.1 Å². The van der Waals surface area contributed by atoms with E-state index in [1.807, 2.05) is 19.1 Å². The van der Waals surface area contributed by atoms with E-state index in [1.54, 1.807) is 13.1 Å². The van der Waals surface area contributed by atoms with Gasteiger partial charge in [-0.1, -0.05) is 29.8 Å². The van der Waals surface area contributed by atoms with Crippen LogP contribution in [-0.2, 0) is 12.7 Å². The predicted molar refractivity (Wildman–Crippen MR) is 75.5 cm³/mol. The number of ether oxygens (including phenoxy) is 1. The minimum Gasteiger partial charge on any atom is -0.456 e. The normalized spacial score (nSPS) is 11.5. The topological polar surface area (TPSA) is 21.3 Å². The van der Waals surface area contributed by atoms with Crippen LogP contribution in [0.3, 0.4) is 0 Å². The number of alkyl halides is 3. The molecule has 0 unspecified atom stereocenters. The zero-order valence-electron chi connectivity index (χ0n) is 11.8. The number of rotatable bonds is 4. The van der Waals surface area contributed by atoms with Gasteiger partial charge in [0.2, 0.25) is 0 Å². The van der Waals surface area contributed by atoms with E-state index in [2.05, 4.69) is 5.32 Å². The SMILES string of the molecule is CNCc1cc(C)ccc1Oc1ccccc1C(F)(F)F. The summed E-state index contributed by atoms with van der Waals surface area (Å²) in [6.45, 7) is 2.44. The smallest absolute Gasteiger partial charge is 0.419 e. The molecule has 0 aliphatic carbocycles. The molecule has 2 nitrogen and oxygen atoms in total. The molecular formula is C16H16F3NO. The van der Waals surface area contributed by atoms with Crippen molar-refractivity contribution < 1.29 is 17.9 Å². The van der Waals surface area contributed by atoms with E-state index in [1.165, 1.54) is 18.2 Å². The fraction of sp³-hybridized carbons (Fsp3) is 0.250. The third-order valence-corrected chi connectivity index (χ3v) is 3.00. The molecule has 0 aliphatic heterocycles. The first kappa shape index (κ1) is 15.4. The fourth-order valence-corrected chi connectivity index (χ4v) is 2.04. The quantitative estimate of drug-likeness (QED) is 0.895. The van der Waals surface area contributed by atoms with Crippen LogP contribution in [0.15, 0.2) is 42.5 Å². The van der Waals surface area contributed by atoms with Gasteiger partial charge in [0.05, 0.1) is 5.56 Å². The highest BCUT2D eigenvalue weighted by Crippen LogP contribution is 2.38. The van der Waals surface area contributed by atoms with Gasteiger partial charge in [0, 0.05) is 12.1 Å². The molecule has 0 radical (unpaired) electrons. The second kappa shape index (κ2) is 6.18. The Morgan fingerprint density at radius 3 is 2.43 bits per heavy atom. The molecular weight excluding hydrogens is 279 g/mol. The summed E-state index contributed by atoms with van der Waals surface area (Å²) < 4.78 is 44.4. The lowest BCUT2D eigenvalue weighted by atomic mass is 10.1. The van der Waals surface area contributed by atoms with E-state index in [0.717, 1.165) is 17.2 Å². The van der Waals surface area contributed by atoms with Gasteiger partial charge in [-0.05, 0) is 32.2 Å². The predicted octanol–water partition coefficient (Wildman–Crippen LogP) is 4.53. The molecule has 0 bridgehead atoms. The van der Waals surface area contributed by atoms with Crippen LogP contribution in [0.5, 0.6) is 11.5 Å². The van der Waals surface area contributed by atoms with Crippen LogP contribution in [-0.4, -0.2) is 7.05 Å². The van der Waals surface area contributed by atoms with E-state index in [-0.39, 0.29) is 5.75 Å². The Morgan fingerprint density at radius 1 is 1.05 bits per heavy atom. The number of hydrogen-bond donors (Lipinski definition) is 1. The molecule has 0 aromatic heterocycles. The third kappa shape index (κ3) is 3.76. The molecule has 112 valence electrons. The first-order valence-corrected chi connectivity index (χ1v) is 6.50. The lowest BCUT2D eigenvalue weighted by molar-refractivity contribution is -0.138. The highest BCUT2D eigenvalue weighted by molar-refractivity contribution is 5.43. The van der Waals surface area contributed by atoms with Gasteiger partial charge >= 0.3 is 6.18 Å². The number of halogens is 3. The summed E-state index contributed by atoms with van der Waals surface area (Å²) in [6.07, 6.45) is -4.44. The molecule has 2 aromatic carbocycles. The molecule has 0 amide bonds. The average Bonchev–Trinajstić information content (AvgIpc) is 2.41. The maximum absolute atomic E-state index is 13.0. The van der Waals surface area contributed by atoms with Crippen molar-refractivity contribution in [3.05, 3.63) is 59.2 Å². The Bertz CT molecular complexity index is 623. The molecule has 0 fully saturated rings. The monoisotopic (exact) mass is 295 g/mol. The van der Waals surface area contributed by atoms with Crippen LogP contribution in [0.4, 0.5) is 13.2 Å². The van der Waals surface area contributed by atoms with E-state index in [9.17, 15) is 13.2 Å². The lowest BCUT2D eigenvalue weighted by Crippen LogP contribution is -2.09. The van der Waals surface area contributed by atoms with E-state index in [4.69, 9.17) is 4.74 Å². The Hall–Kier alpha value is -2.01. The van der Waals surface area contributed by atoms with Gasteiger partial charge in [-0.15, -0.1) is 0 Å². The standard InChI is InChI=1S/C16H16F3NO/c1-11-7-8-14(12(9-11)10-20-2)21-15-6-4-3-5-13(15)16(17,18)19/h3-9,20H,10H2,1-2H3. The van der Waals surface area contributed by atoms with Gasteiger partial charge in [-0.25, -0.2) is 0 Å². The molecule has 2 aromatic rings. The zero-order valence-corrected chi connectivity index (χ0v) is 11.8. The second-order valence-electron chi connectivity index (χ2n) is 4.74. The average molecular weight is 295 g/mol. The first-order chi connectivity index (χ1) is 9.91. The molecule has 1 N–H and O–H groups in total. The number of hydrogen-bond acceptors (Lipinski definition) is 2. The van der Waals surface area contributed by atoms with Crippen LogP contribution >= 0.6 is 0 Å². The fourth-order valence-electron chi connectivity index (χ4n) is 2.04. The molecule has 0 atom stereocenters. The van der Waals surface area contributed by atoms with Crippen LogP contribution in [0, 0.1) is 6.92 Å². The summed E-state index contributed by atoms with van der Waals surface area (Å²) in [5.74, 6) is 0.234. The van der Waals surface area contributed by atoms with Crippen LogP contribution in [0.25, 0.3) is 0 Å². The van der Waals surface area contributed by atoms with Crippen molar-refractivity contribution in [3.63, 3.8) is 0 Å². The van der Waals surface area contributed by atoms with Crippen LogP contribution < -0.4 is 10.1 Å². The van der Waals surface area contributed by atoms with Crippen molar-refractivity contribution in [2.24, 2.45) is 0 Å². The number of para-hydroxylation sites is 1. The minimum absolute atomic E-state index is 0.189. The van der Waals surface area contributed by atoms with Crippen molar-refractivity contribution in [2.45, 2.75) is 19.6 Å². The molecule has 0 saturated carbocycles. The minimum atomic E-state index is -4.44. The highest BCUT2D eigenvalue weighted by Gasteiger charge is 2.34. The molecule has 21 heavy (non-hydrogen) atoms. The number of nitrogens with one attached hydrogen (secondary N) is 1. The van der Waals surface area contributed by atoms with Crippen molar-refractivity contribution >= 4 is 0 Å². The Morgan fingerprint density at radius 2 is 1.76 bits per heavy atom. The zero-order chi connectivity index (χ0) is 15.5. The van der Waals surface area contributed by atoms with E-state index >= 15 is 0 Å². The maximum atomic E-state index is 13.0. The van der Waals surface area contributed by atoms with Crippen molar-refractivity contribution in [1.29, 1.82) is 0 Å². The summed E-state index contributed by atoms with van der Waals surface area (Å²) in [7, 11) is 1.77. The van der Waals surface area contributed by atoms with Crippen LogP contribution in [0.2, 0.25) is 0 Å². The highest BCUT2D eigenvalue weighted by atomic mass is 19.4. The van der Waals surface area contributed by atoms with Crippen LogP contribution in [0.1, 0.15) is 16.7 Å². The maximum Gasteiger partial charge on any atom is 0.419 e. The Labute approximate surface area is 121 Å². The third-order valence-electron chi connectivity index (χ3n) is 3.00. The molecule has 0 heterocycles. The van der Waals surface area contributed by atoms with E-state index in [0.29, 0.717) is 12.3 Å². The summed E-state index contributed by atoms with van der Waals surface area (Å²) in [5, 5.41) is 2.98. The van der Waals surface area contributed by atoms with Gasteiger partial charge in [-0.2, -0.15) is 13.2 Å². The first-order valence-electron chi connectivity index (χ1n) is 6.50. The summed E-state index contributed by atoms with van der Waals surface area (Å²) in [6, 6.07) is 10.6. The Balaban J connectivity index is 2.39. The largest absolute Gasteiger partial charge is 0.456 e. The summed E-state index contributed by atoms with van der Waals surface area (Å²) in [5.41, 5.74) is 1.06. The van der Waals surface area contributed by atoms with Crippen molar-refractivity contribution in [3.8, 4) is 11.5 Å². The molecule has 2 rings (SSSR count). The number of benzene rings is 2. The van der Waals surface area contributed by atoms with Gasteiger partial charge in [-0.3, -0.25) is 0 Å². The molecule has 5 heteroatoms. The second-order valence-corrected chi connectivity index (χ2v) is 4.74. The number of aryl methyl sites for hydroxylation is 1. The summed E-state index contributed by atoms with van der Waals surface area (Å²) in [4.78, 5) is 0. The van der Waals surface area contributed by atoms with Crippen molar-refractivity contribution in [2.75, 3.05) is 7.05 Å².